The first-order valence-corrected chi connectivity index (χ1v) is 9.33. The lowest BCUT2D eigenvalue weighted by molar-refractivity contribution is -0.139. The maximum absolute atomic E-state index is 12.5. The molecule has 3 aromatic rings. The molecule has 5 heteroatoms. The number of hydrogen-bond acceptors (Lipinski definition) is 4. The van der Waals surface area contributed by atoms with Gasteiger partial charge in [0.1, 0.15) is 5.75 Å². The Morgan fingerprint density at radius 3 is 2.03 bits per heavy atom. The quantitative estimate of drug-likeness (QED) is 0.640. The van der Waals surface area contributed by atoms with E-state index in [-0.39, 0.29) is 11.7 Å². The number of ether oxygens (including phenoxy) is 1. The molecule has 148 valence electrons. The van der Waals surface area contributed by atoms with Crippen molar-refractivity contribution in [2.75, 3.05) is 7.05 Å². The summed E-state index contributed by atoms with van der Waals surface area (Å²) in [6, 6.07) is 23.4. The van der Waals surface area contributed by atoms with Gasteiger partial charge in [-0.1, -0.05) is 54.6 Å². The molecule has 0 bridgehead atoms. The van der Waals surface area contributed by atoms with Crippen molar-refractivity contribution in [3.05, 3.63) is 90.0 Å². The highest BCUT2D eigenvalue weighted by Crippen LogP contribution is 2.22. The van der Waals surface area contributed by atoms with E-state index >= 15 is 0 Å². The second-order valence-electron chi connectivity index (χ2n) is 6.85. The minimum Gasteiger partial charge on any atom is -0.508 e. The Morgan fingerprint density at radius 1 is 0.897 bits per heavy atom. The summed E-state index contributed by atoms with van der Waals surface area (Å²) in [5.41, 5.74) is 3.21. The minimum atomic E-state index is -0.881. The van der Waals surface area contributed by atoms with Gasteiger partial charge in [0, 0.05) is 13.6 Å². The molecule has 0 spiro atoms. The standard InChI is InChI=1S/C24H23NO4/c1-17(23(27)25(2)16-18-6-4-3-5-7-18)29-24(28)21-10-8-19(9-11-21)20-12-14-22(26)15-13-20/h3-15,17,26H,16H2,1-2H3/t17-/m1/s1. The lowest BCUT2D eigenvalue weighted by Gasteiger charge is -2.21. The van der Waals surface area contributed by atoms with Crippen LogP contribution in [0.4, 0.5) is 0 Å². The lowest BCUT2D eigenvalue weighted by Crippen LogP contribution is -2.37. The molecule has 29 heavy (non-hydrogen) atoms. The van der Waals surface area contributed by atoms with Gasteiger partial charge < -0.3 is 14.7 Å². The van der Waals surface area contributed by atoms with Crippen molar-refractivity contribution < 1.29 is 19.4 Å². The zero-order valence-corrected chi connectivity index (χ0v) is 16.4. The molecule has 0 aliphatic rings. The lowest BCUT2D eigenvalue weighted by atomic mass is 10.0. The largest absolute Gasteiger partial charge is 0.508 e. The monoisotopic (exact) mass is 389 g/mol. The van der Waals surface area contributed by atoms with Crippen LogP contribution in [-0.2, 0) is 16.1 Å². The van der Waals surface area contributed by atoms with E-state index in [0.717, 1.165) is 16.7 Å². The van der Waals surface area contributed by atoms with Crippen LogP contribution in [0.1, 0.15) is 22.8 Å². The van der Waals surface area contributed by atoms with Crippen LogP contribution in [-0.4, -0.2) is 35.0 Å². The fourth-order valence-electron chi connectivity index (χ4n) is 2.98. The predicted octanol–water partition coefficient (Wildman–Crippen LogP) is 4.26. The number of phenols is 1. The van der Waals surface area contributed by atoms with E-state index in [1.165, 1.54) is 0 Å². The van der Waals surface area contributed by atoms with Gasteiger partial charge in [-0.2, -0.15) is 0 Å². The van der Waals surface area contributed by atoms with Crippen molar-refractivity contribution in [3.8, 4) is 16.9 Å². The van der Waals surface area contributed by atoms with Gasteiger partial charge in [-0.15, -0.1) is 0 Å². The average molecular weight is 389 g/mol. The maximum atomic E-state index is 12.5. The Balaban J connectivity index is 1.60. The fourth-order valence-corrected chi connectivity index (χ4v) is 2.98. The highest BCUT2D eigenvalue weighted by Gasteiger charge is 2.22. The highest BCUT2D eigenvalue weighted by molar-refractivity contribution is 5.92. The van der Waals surface area contributed by atoms with Crippen molar-refractivity contribution >= 4 is 11.9 Å². The van der Waals surface area contributed by atoms with Crippen LogP contribution in [0.25, 0.3) is 11.1 Å². The number of hydrogen-bond donors (Lipinski definition) is 1. The van der Waals surface area contributed by atoms with Crippen LogP contribution in [0.5, 0.6) is 5.75 Å². The van der Waals surface area contributed by atoms with Gasteiger partial charge in [0.2, 0.25) is 0 Å². The third kappa shape index (κ3) is 5.23. The Morgan fingerprint density at radius 2 is 1.45 bits per heavy atom. The molecule has 0 aliphatic heterocycles. The van der Waals surface area contributed by atoms with Gasteiger partial charge >= 0.3 is 5.97 Å². The van der Waals surface area contributed by atoms with Gasteiger partial charge in [0.05, 0.1) is 5.56 Å². The Labute approximate surface area is 170 Å². The van der Waals surface area contributed by atoms with Crippen molar-refractivity contribution in [3.63, 3.8) is 0 Å². The zero-order chi connectivity index (χ0) is 20.8. The number of amides is 1. The minimum absolute atomic E-state index is 0.199. The van der Waals surface area contributed by atoms with Crippen LogP contribution < -0.4 is 0 Å². The number of benzene rings is 3. The third-order valence-electron chi connectivity index (χ3n) is 4.59. The summed E-state index contributed by atoms with van der Waals surface area (Å²) >= 11 is 0. The van der Waals surface area contributed by atoms with Gasteiger partial charge in [0.15, 0.2) is 6.10 Å². The number of carbonyl (C=O) groups is 2. The summed E-state index contributed by atoms with van der Waals surface area (Å²) in [4.78, 5) is 26.5. The molecule has 1 amide bonds. The molecular weight excluding hydrogens is 366 g/mol. The van der Waals surface area contributed by atoms with Crippen molar-refractivity contribution in [1.29, 1.82) is 0 Å². The second kappa shape index (κ2) is 9.06. The van der Waals surface area contributed by atoms with Crippen molar-refractivity contribution in [2.45, 2.75) is 19.6 Å². The van der Waals surface area contributed by atoms with Crippen molar-refractivity contribution in [1.82, 2.24) is 4.90 Å². The Kier molecular flexibility index (Phi) is 6.29. The molecule has 0 aromatic heterocycles. The first-order valence-electron chi connectivity index (χ1n) is 9.33. The molecule has 3 rings (SSSR count). The Hall–Kier alpha value is -3.60. The van der Waals surface area contributed by atoms with E-state index in [0.29, 0.717) is 12.1 Å². The summed E-state index contributed by atoms with van der Waals surface area (Å²) in [6.45, 7) is 2.02. The maximum Gasteiger partial charge on any atom is 0.338 e. The molecule has 0 aliphatic carbocycles. The molecule has 0 heterocycles. The molecule has 1 atom stereocenters. The number of aromatic hydroxyl groups is 1. The summed E-state index contributed by atoms with van der Waals surface area (Å²) in [6.07, 6.45) is -0.881. The summed E-state index contributed by atoms with van der Waals surface area (Å²) in [5, 5.41) is 9.38. The van der Waals surface area contributed by atoms with E-state index < -0.39 is 12.1 Å². The third-order valence-corrected chi connectivity index (χ3v) is 4.59. The summed E-state index contributed by atoms with van der Waals surface area (Å²) in [5.74, 6) is -0.607. The second-order valence-corrected chi connectivity index (χ2v) is 6.85. The van der Waals surface area contributed by atoms with Crippen LogP contribution >= 0.6 is 0 Å². The Bertz CT molecular complexity index is 966. The summed E-state index contributed by atoms with van der Waals surface area (Å²) in [7, 11) is 1.69. The fraction of sp³-hybridized carbons (Fsp3) is 0.167. The van der Waals surface area contributed by atoms with Crippen molar-refractivity contribution in [2.24, 2.45) is 0 Å². The highest BCUT2D eigenvalue weighted by atomic mass is 16.5. The molecule has 3 aromatic carbocycles. The predicted molar refractivity (Wildman–Crippen MR) is 111 cm³/mol. The van der Waals surface area contributed by atoms with Crippen LogP contribution in [0.2, 0.25) is 0 Å². The molecule has 1 N–H and O–H groups in total. The van der Waals surface area contributed by atoms with E-state index in [2.05, 4.69) is 0 Å². The van der Waals surface area contributed by atoms with Gasteiger partial charge in [-0.3, -0.25) is 4.79 Å². The molecule has 0 radical (unpaired) electrons. The van der Waals surface area contributed by atoms with Crippen LogP contribution in [0, 0.1) is 0 Å². The first kappa shape index (κ1) is 20.1. The SMILES string of the molecule is C[C@@H](OC(=O)c1ccc(-c2ccc(O)cc2)cc1)C(=O)N(C)Cc1ccccc1. The van der Waals surface area contributed by atoms with E-state index in [4.69, 9.17) is 4.74 Å². The van der Waals surface area contributed by atoms with E-state index in [9.17, 15) is 14.7 Å². The van der Waals surface area contributed by atoms with Crippen LogP contribution in [0.3, 0.4) is 0 Å². The van der Waals surface area contributed by atoms with Gasteiger partial charge in [0.25, 0.3) is 5.91 Å². The first-order chi connectivity index (χ1) is 13.9. The number of rotatable bonds is 6. The van der Waals surface area contributed by atoms with Crippen LogP contribution in [0.15, 0.2) is 78.9 Å². The summed E-state index contributed by atoms with van der Waals surface area (Å²) < 4.78 is 5.36. The number of carbonyl (C=O) groups excluding carboxylic acids is 2. The number of likely N-dealkylation sites (N-methyl/N-ethyl adjacent to an activating group) is 1. The topological polar surface area (TPSA) is 66.8 Å². The zero-order valence-electron chi connectivity index (χ0n) is 16.4. The van der Waals surface area contributed by atoms with Gasteiger partial charge in [-0.25, -0.2) is 4.79 Å². The number of nitrogens with zero attached hydrogens (tertiary/aromatic N) is 1. The molecule has 0 saturated heterocycles. The van der Waals surface area contributed by atoms with E-state index in [1.54, 1.807) is 67.4 Å². The van der Waals surface area contributed by atoms with Gasteiger partial charge in [-0.05, 0) is 47.9 Å². The number of phenolic OH excluding ortho intramolecular Hbond substituents is 1. The molecule has 0 saturated carbocycles. The molecular formula is C24H23NO4. The molecule has 0 fully saturated rings. The van der Waals surface area contributed by atoms with E-state index in [1.807, 2.05) is 30.3 Å². The molecule has 5 nitrogen and oxygen atoms in total. The smallest absolute Gasteiger partial charge is 0.338 e. The average Bonchev–Trinajstić information content (AvgIpc) is 2.74. The molecule has 0 unspecified atom stereocenters. The number of esters is 1. The normalized spacial score (nSPS) is 11.5.